The number of anilines is 1. The predicted molar refractivity (Wildman–Crippen MR) is 117 cm³/mol. The standard InChI is InChI=1S/C23H16F4N2O4S/c1-2-33-18(30)11-29-21(32)17(9-12-3-5-13(6-4-12)23(25,26)27)34-22(29)19-15-10-14(24)7-8-16(15)28-20(19)31/h3-10H,2,11H2,1H3,(H,28,31)/b17-9-,22-19+. The quantitative estimate of drug-likeness (QED) is 0.449. The Morgan fingerprint density at radius 1 is 1.15 bits per heavy atom. The number of nitrogens with zero attached hydrogens (tertiary/aromatic N) is 1. The molecule has 0 saturated heterocycles. The fraction of sp³-hybridized carbons (Fsp3) is 0.174. The van der Waals surface area contributed by atoms with Crippen molar-refractivity contribution >= 4 is 40.5 Å². The van der Waals surface area contributed by atoms with E-state index in [1.54, 1.807) is 6.92 Å². The maximum Gasteiger partial charge on any atom is 0.416 e. The van der Waals surface area contributed by atoms with Crippen molar-refractivity contribution in [2.24, 2.45) is 0 Å². The van der Waals surface area contributed by atoms with E-state index in [1.165, 1.54) is 30.3 Å². The molecule has 2 heterocycles. The van der Waals surface area contributed by atoms with Crippen LogP contribution in [0.5, 0.6) is 0 Å². The molecule has 4 rings (SSSR count). The average Bonchev–Trinajstić information content (AvgIpc) is 3.24. The van der Waals surface area contributed by atoms with E-state index < -0.39 is 41.5 Å². The van der Waals surface area contributed by atoms with Gasteiger partial charge < -0.3 is 10.1 Å². The van der Waals surface area contributed by atoms with Gasteiger partial charge in [-0.05, 0) is 48.9 Å². The number of esters is 1. The molecule has 34 heavy (non-hydrogen) atoms. The van der Waals surface area contributed by atoms with Crippen LogP contribution >= 0.6 is 11.3 Å². The topological polar surface area (TPSA) is 77.4 Å². The van der Waals surface area contributed by atoms with Crippen LogP contribution in [0, 0.1) is 5.82 Å². The van der Waals surface area contributed by atoms with E-state index in [0.717, 1.165) is 34.1 Å². The molecule has 1 N–H and O–H groups in total. The first-order valence-corrected chi connectivity index (χ1v) is 10.8. The van der Waals surface area contributed by atoms with Crippen molar-refractivity contribution < 1.29 is 31.9 Å². The molecule has 0 spiro atoms. The Hall–Kier alpha value is -3.73. The Morgan fingerprint density at radius 2 is 1.85 bits per heavy atom. The number of alkyl halides is 3. The van der Waals surface area contributed by atoms with Crippen LogP contribution in [0.3, 0.4) is 0 Å². The van der Waals surface area contributed by atoms with Crippen molar-refractivity contribution in [1.29, 1.82) is 0 Å². The monoisotopic (exact) mass is 492 g/mol. The second kappa shape index (κ2) is 8.90. The van der Waals surface area contributed by atoms with Gasteiger partial charge in [-0.15, -0.1) is 11.3 Å². The molecule has 0 bridgehead atoms. The van der Waals surface area contributed by atoms with Gasteiger partial charge in [0.2, 0.25) is 0 Å². The number of hydrogen-bond donors (Lipinski definition) is 1. The molecule has 0 radical (unpaired) electrons. The summed E-state index contributed by atoms with van der Waals surface area (Å²) in [6, 6.07) is 7.87. The van der Waals surface area contributed by atoms with Crippen LogP contribution in [0.25, 0.3) is 11.6 Å². The van der Waals surface area contributed by atoms with Gasteiger partial charge in [0, 0.05) is 11.3 Å². The van der Waals surface area contributed by atoms with Crippen molar-refractivity contribution in [3.63, 3.8) is 0 Å². The van der Waals surface area contributed by atoms with E-state index in [4.69, 9.17) is 4.74 Å². The summed E-state index contributed by atoms with van der Waals surface area (Å²) in [6.07, 6.45) is -3.14. The lowest BCUT2D eigenvalue weighted by Crippen LogP contribution is -2.36. The predicted octanol–water partition coefficient (Wildman–Crippen LogP) is 2.61. The third kappa shape index (κ3) is 4.51. The van der Waals surface area contributed by atoms with Gasteiger partial charge in [-0.3, -0.25) is 19.0 Å². The SMILES string of the molecule is CCOC(=O)Cn1c(=O)/c(=C/c2ccc(C(F)(F)F)cc2)s/c1=C1/C(=O)Nc2ccc(F)cc21. The van der Waals surface area contributed by atoms with Crippen LogP contribution in [0.1, 0.15) is 23.6 Å². The molecular weight excluding hydrogens is 476 g/mol. The molecule has 1 aliphatic rings. The van der Waals surface area contributed by atoms with Gasteiger partial charge in [0.25, 0.3) is 11.5 Å². The first kappa shape index (κ1) is 23.4. The van der Waals surface area contributed by atoms with Gasteiger partial charge in [0.15, 0.2) is 0 Å². The molecule has 0 aliphatic carbocycles. The van der Waals surface area contributed by atoms with Crippen LogP contribution in [0.2, 0.25) is 0 Å². The zero-order chi connectivity index (χ0) is 24.6. The Kier molecular flexibility index (Phi) is 6.13. The van der Waals surface area contributed by atoms with E-state index in [2.05, 4.69) is 5.32 Å². The number of rotatable bonds is 4. The molecule has 0 saturated carbocycles. The largest absolute Gasteiger partial charge is 0.465 e. The van der Waals surface area contributed by atoms with Crippen LogP contribution in [0.4, 0.5) is 23.2 Å². The lowest BCUT2D eigenvalue weighted by Gasteiger charge is -2.05. The summed E-state index contributed by atoms with van der Waals surface area (Å²) in [6.45, 7) is 1.17. The Morgan fingerprint density at radius 3 is 2.50 bits per heavy atom. The number of thiazole rings is 1. The highest BCUT2D eigenvalue weighted by molar-refractivity contribution is 7.07. The smallest absolute Gasteiger partial charge is 0.416 e. The van der Waals surface area contributed by atoms with Gasteiger partial charge in [-0.2, -0.15) is 13.2 Å². The second-order valence-electron chi connectivity index (χ2n) is 7.25. The van der Waals surface area contributed by atoms with Crippen LogP contribution in [0.15, 0.2) is 47.3 Å². The molecule has 3 aromatic rings. The van der Waals surface area contributed by atoms with Crippen LogP contribution in [-0.4, -0.2) is 23.1 Å². The van der Waals surface area contributed by atoms with E-state index in [0.29, 0.717) is 11.3 Å². The Balaban J connectivity index is 1.94. The summed E-state index contributed by atoms with van der Waals surface area (Å²) in [5, 5.41) is 2.59. The number of benzene rings is 2. The number of nitrogens with one attached hydrogen (secondary N) is 1. The van der Waals surface area contributed by atoms with Crippen molar-refractivity contribution in [3.8, 4) is 0 Å². The molecule has 176 valence electrons. The average molecular weight is 492 g/mol. The number of hydrogen-bond acceptors (Lipinski definition) is 5. The number of fused-ring (bicyclic) bond motifs is 1. The van der Waals surface area contributed by atoms with Crippen molar-refractivity contribution in [3.05, 3.63) is 84.5 Å². The van der Waals surface area contributed by atoms with Crippen molar-refractivity contribution in [2.75, 3.05) is 11.9 Å². The number of ether oxygens (including phenoxy) is 1. The summed E-state index contributed by atoms with van der Waals surface area (Å²) in [7, 11) is 0. The normalized spacial score (nSPS) is 15.3. The Bertz CT molecular complexity index is 1470. The third-order valence-corrected chi connectivity index (χ3v) is 6.11. The zero-order valence-electron chi connectivity index (χ0n) is 17.5. The number of halogens is 4. The Labute approximate surface area is 193 Å². The van der Waals surface area contributed by atoms with E-state index in [-0.39, 0.29) is 26.9 Å². The highest BCUT2D eigenvalue weighted by Crippen LogP contribution is 2.31. The fourth-order valence-electron chi connectivity index (χ4n) is 3.46. The van der Waals surface area contributed by atoms with E-state index >= 15 is 0 Å². The maximum atomic E-state index is 13.9. The van der Waals surface area contributed by atoms with Gasteiger partial charge in [-0.1, -0.05) is 12.1 Å². The number of carbonyl (C=O) groups excluding carboxylic acids is 2. The van der Waals surface area contributed by atoms with Gasteiger partial charge in [0.1, 0.15) is 17.0 Å². The fourth-order valence-corrected chi connectivity index (χ4v) is 4.62. The molecule has 0 atom stereocenters. The van der Waals surface area contributed by atoms with E-state index in [1.807, 2.05) is 0 Å². The number of carbonyl (C=O) groups is 2. The highest BCUT2D eigenvalue weighted by Gasteiger charge is 2.30. The maximum absolute atomic E-state index is 13.9. The van der Waals surface area contributed by atoms with Crippen LogP contribution in [-0.2, 0) is 27.0 Å². The first-order valence-electron chi connectivity index (χ1n) is 9.98. The highest BCUT2D eigenvalue weighted by atomic mass is 32.1. The lowest BCUT2D eigenvalue weighted by atomic mass is 10.1. The van der Waals surface area contributed by atoms with Gasteiger partial charge in [0.05, 0.1) is 22.3 Å². The summed E-state index contributed by atoms with van der Waals surface area (Å²) < 4.78 is 58.6. The van der Waals surface area contributed by atoms with Gasteiger partial charge >= 0.3 is 12.1 Å². The van der Waals surface area contributed by atoms with E-state index in [9.17, 15) is 31.9 Å². The van der Waals surface area contributed by atoms with Crippen molar-refractivity contribution in [2.45, 2.75) is 19.6 Å². The molecule has 1 aliphatic heterocycles. The molecule has 2 aromatic carbocycles. The summed E-state index contributed by atoms with van der Waals surface area (Å²) in [5.74, 6) is -1.90. The number of aromatic nitrogens is 1. The van der Waals surface area contributed by atoms with Crippen LogP contribution < -0.4 is 20.1 Å². The summed E-state index contributed by atoms with van der Waals surface area (Å²) in [5.41, 5.74) is -0.587. The molecule has 0 unspecified atom stereocenters. The second-order valence-corrected chi connectivity index (χ2v) is 8.28. The first-order chi connectivity index (χ1) is 16.1. The third-order valence-electron chi connectivity index (χ3n) is 4.98. The number of amides is 1. The molecule has 11 heteroatoms. The zero-order valence-corrected chi connectivity index (χ0v) is 18.3. The minimum Gasteiger partial charge on any atom is -0.465 e. The minimum absolute atomic E-state index is 0.00738. The molecule has 1 amide bonds. The molecular formula is C23H16F4N2O4S. The van der Waals surface area contributed by atoms with Crippen molar-refractivity contribution in [1.82, 2.24) is 4.57 Å². The molecule has 1 aromatic heterocycles. The van der Waals surface area contributed by atoms with Gasteiger partial charge in [-0.25, -0.2) is 4.39 Å². The summed E-state index contributed by atoms with van der Waals surface area (Å²) in [4.78, 5) is 38.0. The minimum atomic E-state index is -4.50. The lowest BCUT2D eigenvalue weighted by molar-refractivity contribution is -0.144. The molecule has 6 nitrogen and oxygen atoms in total. The summed E-state index contributed by atoms with van der Waals surface area (Å²) >= 11 is 0.866. The molecule has 0 fully saturated rings.